The number of carbonyl (C=O) groups is 1. The van der Waals surface area contributed by atoms with Crippen molar-refractivity contribution in [1.82, 2.24) is 4.57 Å². The zero-order valence-electron chi connectivity index (χ0n) is 16.8. The van der Waals surface area contributed by atoms with E-state index < -0.39 is 17.8 Å². The number of aromatic nitrogens is 1. The van der Waals surface area contributed by atoms with Gasteiger partial charge in [-0.05, 0) is 30.5 Å². The van der Waals surface area contributed by atoms with E-state index in [2.05, 4.69) is 4.99 Å². The molecule has 1 aliphatic heterocycles. The summed E-state index contributed by atoms with van der Waals surface area (Å²) >= 11 is 2.60. The van der Waals surface area contributed by atoms with Crippen molar-refractivity contribution in [1.29, 1.82) is 0 Å². The van der Waals surface area contributed by atoms with Crippen LogP contribution in [0.1, 0.15) is 23.4 Å². The first-order valence-corrected chi connectivity index (χ1v) is 11.2. The van der Waals surface area contributed by atoms with E-state index in [1.807, 2.05) is 17.5 Å². The number of methoxy groups -OCH3 is 1. The van der Waals surface area contributed by atoms with Crippen LogP contribution in [0.4, 0.5) is 4.39 Å². The summed E-state index contributed by atoms with van der Waals surface area (Å²) in [6.07, 6.45) is 1.51. The smallest absolute Gasteiger partial charge is 0.338 e. The molecule has 2 aromatic heterocycles. The van der Waals surface area contributed by atoms with Gasteiger partial charge in [0.15, 0.2) is 4.80 Å². The minimum absolute atomic E-state index is 0.0982. The summed E-state index contributed by atoms with van der Waals surface area (Å²) in [6.45, 7) is 2.09. The third kappa shape index (κ3) is 4.16. The van der Waals surface area contributed by atoms with Crippen LogP contribution in [0.25, 0.3) is 6.08 Å². The van der Waals surface area contributed by atoms with Crippen molar-refractivity contribution >= 4 is 34.7 Å². The molecule has 31 heavy (non-hydrogen) atoms. The number of benzene rings is 1. The molecule has 0 saturated heterocycles. The Labute approximate surface area is 185 Å². The summed E-state index contributed by atoms with van der Waals surface area (Å²) in [5.41, 5.74) is 0.776. The van der Waals surface area contributed by atoms with Crippen molar-refractivity contribution < 1.29 is 18.7 Å². The summed E-state index contributed by atoms with van der Waals surface area (Å²) in [7, 11) is 1.52. The van der Waals surface area contributed by atoms with E-state index >= 15 is 0 Å². The van der Waals surface area contributed by atoms with E-state index in [9.17, 15) is 14.0 Å². The van der Waals surface area contributed by atoms with Crippen LogP contribution < -0.4 is 14.9 Å². The number of ether oxygens (including phenoxy) is 2. The van der Waals surface area contributed by atoms with Gasteiger partial charge in [-0.2, -0.15) is 0 Å². The first-order valence-electron chi connectivity index (χ1n) is 9.48. The Hall–Kier alpha value is -2.88. The average molecular weight is 459 g/mol. The molecule has 1 atom stereocenters. The molecule has 3 heterocycles. The summed E-state index contributed by atoms with van der Waals surface area (Å²) in [6, 6.07) is 9.32. The SMILES string of the molecule is COCCOC(=O)C1=C(C)N=c2s/c(=C\c3ccccc3F)c(=O)n2C1c1cccs1. The van der Waals surface area contributed by atoms with E-state index in [0.717, 1.165) is 4.88 Å². The number of carbonyl (C=O) groups excluding carboxylic acids is 1. The molecule has 3 aromatic rings. The molecule has 0 radical (unpaired) electrons. The topological polar surface area (TPSA) is 69.9 Å². The number of rotatable bonds is 6. The second-order valence-corrected chi connectivity index (χ2v) is 8.74. The molecule has 0 amide bonds. The fourth-order valence-corrected chi connectivity index (χ4v) is 5.19. The molecule has 9 heteroatoms. The Bertz CT molecular complexity index is 1320. The highest BCUT2D eigenvalue weighted by molar-refractivity contribution is 7.10. The minimum Gasteiger partial charge on any atom is -0.460 e. The van der Waals surface area contributed by atoms with Gasteiger partial charge in [-0.25, -0.2) is 14.2 Å². The number of allylic oxidation sites excluding steroid dienone is 1. The zero-order valence-corrected chi connectivity index (χ0v) is 18.5. The van der Waals surface area contributed by atoms with Gasteiger partial charge in [-0.3, -0.25) is 9.36 Å². The zero-order chi connectivity index (χ0) is 22.0. The lowest BCUT2D eigenvalue weighted by molar-refractivity contribution is -0.140. The van der Waals surface area contributed by atoms with E-state index in [4.69, 9.17) is 9.47 Å². The molecule has 160 valence electrons. The molecule has 1 aliphatic rings. The predicted molar refractivity (Wildman–Crippen MR) is 117 cm³/mol. The average Bonchev–Trinajstić information content (AvgIpc) is 3.38. The molecule has 4 rings (SSSR count). The fraction of sp³-hybridized carbons (Fsp3) is 0.227. The number of hydrogen-bond donors (Lipinski definition) is 0. The molecular weight excluding hydrogens is 439 g/mol. The normalized spacial score (nSPS) is 16.2. The van der Waals surface area contributed by atoms with Gasteiger partial charge in [-0.15, -0.1) is 11.3 Å². The fourth-order valence-electron chi connectivity index (χ4n) is 3.33. The van der Waals surface area contributed by atoms with Crippen molar-refractivity contribution in [2.75, 3.05) is 20.3 Å². The lowest BCUT2D eigenvalue weighted by Crippen LogP contribution is -2.39. The Balaban J connectivity index is 1.87. The van der Waals surface area contributed by atoms with Crippen molar-refractivity contribution in [3.05, 3.63) is 89.0 Å². The molecule has 0 fully saturated rings. The lowest BCUT2D eigenvalue weighted by Gasteiger charge is -2.23. The number of fused-ring (bicyclic) bond motifs is 1. The lowest BCUT2D eigenvalue weighted by atomic mass is 10.0. The van der Waals surface area contributed by atoms with Gasteiger partial charge in [0.2, 0.25) is 0 Å². The monoisotopic (exact) mass is 458 g/mol. The third-order valence-corrected chi connectivity index (χ3v) is 6.67. The van der Waals surface area contributed by atoms with Crippen LogP contribution in [-0.4, -0.2) is 30.9 Å². The summed E-state index contributed by atoms with van der Waals surface area (Å²) in [5, 5.41) is 1.88. The van der Waals surface area contributed by atoms with Gasteiger partial charge in [0.05, 0.1) is 22.4 Å². The van der Waals surface area contributed by atoms with E-state index in [1.54, 1.807) is 25.1 Å². The van der Waals surface area contributed by atoms with Gasteiger partial charge < -0.3 is 9.47 Å². The number of esters is 1. The second kappa shape index (κ2) is 9.09. The molecule has 0 saturated carbocycles. The van der Waals surface area contributed by atoms with Crippen molar-refractivity contribution in [2.24, 2.45) is 4.99 Å². The van der Waals surface area contributed by atoms with Crippen LogP contribution in [0.2, 0.25) is 0 Å². The Morgan fingerprint density at radius 3 is 2.77 bits per heavy atom. The molecule has 0 aliphatic carbocycles. The molecule has 0 bridgehead atoms. The van der Waals surface area contributed by atoms with Gasteiger partial charge >= 0.3 is 5.97 Å². The standard InChI is InChI=1S/C22H19FN2O4S2/c1-13-18(21(27)29-10-9-28-2)19(16-8-5-11-30-16)25-20(26)17(31-22(25)24-13)12-14-6-3-4-7-15(14)23/h3-8,11-12,19H,9-10H2,1-2H3/b17-12-. The number of nitrogens with zero attached hydrogens (tertiary/aromatic N) is 2. The largest absolute Gasteiger partial charge is 0.460 e. The van der Waals surface area contributed by atoms with Gasteiger partial charge in [-0.1, -0.05) is 35.6 Å². The molecule has 6 nitrogen and oxygen atoms in total. The van der Waals surface area contributed by atoms with Crippen LogP contribution in [0.3, 0.4) is 0 Å². The van der Waals surface area contributed by atoms with E-state index in [0.29, 0.717) is 26.2 Å². The Morgan fingerprint density at radius 2 is 2.06 bits per heavy atom. The summed E-state index contributed by atoms with van der Waals surface area (Å²) < 4.78 is 26.3. The quantitative estimate of drug-likeness (QED) is 0.421. The Kier molecular flexibility index (Phi) is 6.26. The number of hydrogen-bond acceptors (Lipinski definition) is 7. The maximum Gasteiger partial charge on any atom is 0.338 e. The maximum absolute atomic E-state index is 14.1. The number of thiazole rings is 1. The first kappa shape index (κ1) is 21.4. The molecule has 1 unspecified atom stereocenters. The van der Waals surface area contributed by atoms with Gasteiger partial charge in [0.25, 0.3) is 5.56 Å². The van der Waals surface area contributed by atoms with E-state index in [-0.39, 0.29) is 18.8 Å². The van der Waals surface area contributed by atoms with Gasteiger partial charge in [0.1, 0.15) is 18.5 Å². The summed E-state index contributed by atoms with van der Waals surface area (Å²) in [5.74, 6) is -0.957. The number of halogens is 1. The third-order valence-electron chi connectivity index (χ3n) is 4.77. The molecular formula is C22H19FN2O4S2. The molecule has 0 spiro atoms. The second-order valence-electron chi connectivity index (χ2n) is 6.75. The van der Waals surface area contributed by atoms with Crippen LogP contribution in [-0.2, 0) is 14.3 Å². The Morgan fingerprint density at radius 1 is 1.26 bits per heavy atom. The molecule has 0 N–H and O–H groups in total. The predicted octanol–water partition coefficient (Wildman–Crippen LogP) is 2.63. The van der Waals surface area contributed by atoms with Crippen LogP contribution in [0, 0.1) is 5.82 Å². The van der Waals surface area contributed by atoms with E-state index in [1.165, 1.54) is 46.5 Å². The first-order chi connectivity index (χ1) is 15.0. The van der Waals surface area contributed by atoms with Crippen LogP contribution >= 0.6 is 22.7 Å². The van der Waals surface area contributed by atoms with Crippen LogP contribution in [0.5, 0.6) is 0 Å². The highest BCUT2D eigenvalue weighted by Crippen LogP contribution is 2.33. The molecule has 1 aromatic carbocycles. The van der Waals surface area contributed by atoms with Crippen molar-refractivity contribution in [2.45, 2.75) is 13.0 Å². The highest BCUT2D eigenvalue weighted by Gasteiger charge is 2.34. The number of thiophene rings is 1. The summed E-state index contributed by atoms with van der Waals surface area (Å²) in [4.78, 5) is 32.0. The highest BCUT2D eigenvalue weighted by atomic mass is 32.1. The maximum atomic E-state index is 14.1. The van der Waals surface area contributed by atoms with Crippen molar-refractivity contribution in [3.8, 4) is 0 Å². The van der Waals surface area contributed by atoms with Gasteiger partial charge in [0, 0.05) is 17.6 Å². The van der Waals surface area contributed by atoms with Crippen molar-refractivity contribution in [3.63, 3.8) is 0 Å². The van der Waals surface area contributed by atoms with Crippen LogP contribution in [0.15, 0.2) is 62.8 Å². The minimum atomic E-state index is -0.658.